The Bertz CT molecular complexity index is 174. The van der Waals surface area contributed by atoms with Crippen molar-refractivity contribution in [2.24, 2.45) is 5.41 Å². The van der Waals surface area contributed by atoms with Crippen LogP contribution in [0.25, 0.3) is 0 Å². The number of hydrogen-bond acceptors (Lipinski definition) is 1. The molecule has 0 aliphatic heterocycles. The SMILES string of the molecule is OC1CCCC12C=CCCC2. The predicted molar refractivity (Wildman–Crippen MR) is 45.3 cm³/mol. The summed E-state index contributed by atoms with van der Waals surface area (Å²) in [7, 11) is 0. The maximum atomic E-state index is 9.75. The summed E-state index contributed by atoms with van der Waals surface area (Å²) in [4.78, 5) is 0. The van der Waals surface area contributed by atoms with Gasteiger partial charge in [-0.1, -0.05) is 12.2 Å². The van der Waals surface area contributed by atoms with Crippen molar-refractivity contribution in [3.63, 3.8) is 0 Å². The van der Waals surface area contributed by atoms with E-state index >= 15 is 0 Å². The molecular formula is C10H16O. The molecule has 0 aromatic carbocycles. The number of allylic oxidation sites excluding steroid dienone is 1. The van der Waals surface area contributed by atoms with Gasteiger partial charge in [0.1, 0.15) is 0 Å². The van der Waals surface area contributed by atoms with E-state index in [1.54, 1.807) is 0 Å². The van der Waals surface area contributed by atoms with Crippen LogP contribution in [-0.4, -0.2) is 11.2 Å². The van der Waals surface area contributed by atoms with Crippen LogP contribution >= 0.6 is 0 Å². The Hall–Kier alpha value is -0.300. The fraction of sp³-hybridized carbons (Fsp3) is 0.800. The third kappa shape index (κ3) is 1.12. The molecule has 0 amide bonds. The maximum Gasteiger partial charge on any atom is 0.0630 e. The number of hydrogen-bond donors (Lipinski definition) is 1. The maximum absolute atomic E-state index is 9.75. The molecule has 0 radical (unpaired) electrons. The first kappa shape index (κ1) is 7.35. The van der Waals surface area contributed by atoms with E-state index in [0.717, 1.165) is 6.42 Å². The quantitative estimate of drug-likeness (QED) is 0.528. The van der Waals surface area contributed by atoms with Crippen molar-refractivity contribution in [3.05, 3.63) is 12.2 Å². The highest BCUT2D eigenvalue weighted by Crippen LogP contribution is 2.45. The second kappa shape index (κ2) is 2.63. The van der Waals surface area contributed by atoms with Crippen molar-refractivity contribution in [1.29, 1.82) is 0 Å². The monoisotopic (exact) mass is 152 g/mol. The normalized spacial score (nSPS) is 43.5. The Morgan fingerprint density at radius 2 is 2.09 bits per heavy atom. The van der Waals surface area contributed by atoms with Gasteiger partial charge in [-0.05, 0) is 38.5 Å². The van der Waals surface area contributed by atoms with Crippen LogP contribution in [0, 0.1) is 5.41 Å². The molecule has 1 N–H and O–H groups in total. The summed E-state index contributed by atoms with van der Waals surface area (Å²) in [5.74, 6) is 0. The molecule has 1 fully saturated rings. The van der Waals surface area contributed by atoms with E-state index in [1.165, 1.54) is 32.1 Å². The van der Waals surface area contributed by atoms with Crippen molar-refractivity contribution in [2.45, 2.75) is 44.6 Å². The van der Waals surface area contributed by atoms with Crippen molar-refractivity contribution in [3.8, 4) is 0 Å². The zero-order chi connectivity index (χ0) is 7.73. The Labute approximate surface area is 68.1 Å². The van der Waals surface area contributed by atoms with Crippen LogP contribution < -0.4 is 0 Å². The van der Waals surface area contributed by atoms with Crippen LogP contribution in [0.3, 0.4) is 0 Å². The highest BCUT2D eigenvalue weighted by molar-refractivity contribution is 5.09. The van der Waals surface area contributed by atoms with Crippen LogP contribution in [0.15, 0.2) is 12.2 Å². The molecule has 1 saturated carbocycles. The van der Waals surface area contributed by atoms with E-state index < -0.39 is 0 Å². The molecule has 0 aromatic heterocycles. The van der Waals surface area contributed by atoms with E-state index in [2.05, 4.69) is 12.2 Å². The lowest BCUT2D eigenvalue weighted by atomic mass is 9.76. The molecule has 1 spiro atoms. The van der Waals surface area contributed by atoms with Gasteiger partial charge in [0.15, 0.2) is 0 Å². The van der Waals surface area contributed by atoms with Gasteiger partial charge in [-0.3, -0.25) is 0 Å². The first-order chi connectivity index (χ1) is 5.33. The lowest BCUT2D eigenvalue weighted by Gasteiger charge is -2.31. The molecular weight excluding hydrogens is 136 g/mol. The average Bonchev–Trinajstić information content (AvgIpc) is 2.36. The summed E-state index contributed by atoms with van der Waals surface area (Å²) < 4.78 is 0. The lowest BCUT2D eigenvalue weighted by Crippen LogP contribution is -2.29. The number of aliphatic hydroxyl groups excluding tert-OH is 1. The zero-order valence-electron chi connectivity index (χ0n) is 6.92. The van der Waals surface area contributed by atoms with Crippen molar-refractivity contribution in [1.82, 2.24) is 0 Å². The van der Waals surface area contributed by atoms with Crippen LogP contribution in [0.4, 0.5) is 0 Å². The molecule has 62 valence electrons. The average molecular weight is 152 g/mol. The largest absolute Gasteiger partial charge is 0.392 e. The van der Waals surface area contributed by atoms with Crippen molar-refractivity contribution in [2.75, 3.05) is 0 Å². The molecule has 2 atom stereocenters. The second-order valence-corrected chi connectivity index (χ2v) is 3.94. The summed E-state index contributed by atoms with van der Waals surface area (Å²) in [6.07, 6.45) is 11.6. The third-order valence-corrected chi connectivity index (χ3v) is 3.25. The van der Waals surface area contributed by atoms with Crippen LogP contribution in [-0.2, 0) is 0 Å². The van der Waals surface area contributed by atoms with Gasteiger partial charge in [0, 0.05) is 5.41 Å². The van der Waals surface area contributed by atoms with Gasteiger partial charge in [-0.2, -0.15) is 0 Å². The first-order valence-electron chi connectivity index (χ1n) is 4.69. The minimum Gasteiger partial charge on any atom is -0.392 e. The smallest absolute Gasteiger partial charge is 0.0630 e. The molecule has 0 heterocycles. The van der Waals surface area contributed by atoms with Crippen molar-refractivity contribution < 1.29 is 5.11 Å². The van der Waals surface area contributed by atoms with Crippen LogP contribution in [0.2, 0.25) is 0 Å². The standard InChI is InChI=1S/C10H16O/c11-9-5-4-8-10(9)6-2-1-3-7-10/h2,6,9,11H,1,3-5,7-8H2. The summed E-state index contributed by atoms with van der Waals surface area (Å²) in [5, 5.41) is 9.75. The predicted octanol–water partition coefficient (Wildman–Crippen LogP) is 2.26. The van der Waals surface area contributed by atoms with E-state index in [0.29, 0.717) is 0 Å². The molecule has 2 unspecified atom stereocenters. The summed E-state index contributed by atoms with van der Waals surface area (Å²) in [6, 6.07) is 0. The molecule has 2 aliphatic rings. The summed E-state index contributed by atoms with van der Waals surface area (Å²) in [6.45, 7) is 0. The molecule has 0 saturated heterocycles. The van der Waals surface area contributed by atoms with Crippen LogP contribution in [0.5, 0.6) is 0 Å². The van der Waals surface area contributed by atoms with Gasteiger partial charge in [-0.25, -0.2) is 0 Å². The van der Waals surface area contributed by atoms with Gasteiger partial charge in [-0.15, -0.1) is 0 Å². The lowest BCUT2D eigenvalue weighted by molar-refractivity contribution is 0.0761. The van der Waals surface area contributed by atoms with Gasteiger partial charge in [0.25, 0.3) is 0 Å². The molecule has 1 heteroatoms. The van der Waals surface area contributed by atoms with Crippen LogP contribution in [0.1, 0.15) is 38.5 Å². The van der Waals surface area contributed by atoms with Gasteiger partial charge in [0.2, 0.25) is 0 Å². The Balaban J connectivity index is 2.18. The number of rotatable bonds is 0. The molecule has 2 aliphatic carbocycles. The fourth-order valence-corrected chi connectivity index (χ4v) is 2.52. The van der Waals surface area contributed by atoms with E-state index in [1.807, 2.05) is 0 Å². The molecule has 0 bridgehead atoms. The van der Waals surface area contributed by atoms with E-state index in [4.69, 9.17) is 0 Å². The Kier molecular flexibility index (Phi) is 1.76. The van der Waals surface area contributed by atoms with E-state index in [-0.39, 0.29) is 11.5 Å². The molecule has 2 rings (SSSR count). The highest BCUT2D eigenvalue weighted by atomic mass is 16.3. The molecule has 11 heavy (non-hydrogen) atoms. The van der Waals surface area contributed by atoms with Gasteiger partial charge in [0.05, 0.1) is 6.10 Å². The van der Waals surface area contributed by atoms with Gasteiger partial charge >= 0.3 is 0 Å². The minimum absolute atomic E-state index is 0.0425. The summed E-state index contributed by atoms with van der Waals surface area (Å²) in [5.41, 5.74) is 0.207. The van der Waals surface area contributed by atoms with Crippen molar-refractivity contribution >= 4 is 0 Å². The second-order valence-electron chi connectivity index (χ2n) is 3.94. The van der Waals surface area contributed by atoms with Gasteiger partial charge < -0.3 is 5.11 Å². The number of aliphatic hydroxyl groups is 1. The Morgan fingerprint density at radius 3 is 2.64 bits per heavy atom. The third-order valence-electron chi connectivity index (χ3n) is 3.25. The molecule has 1 nitrogen and oxygen atoms in total. The molecule has 0 aromatic rings. The first-order valence-corrected chi connectivity index (χ1v) is 4.69. The highest BCUT2D eigenvalue weighted by Gasteiger charge is 2.39. The topological polar surface area (TPSA) is 20.2 Å². The minimum atomic E-state index is -0.0425. The Morgan fingerprint density at radius 1 is 1.27 bits per heavy atom. The summed E-state index contributed by atoms with van der Waals surface area (Å²) >= 11 is 0. The zero-order valence-corrected chi connectivity index (χ0v) is 6.92. The van der Waals surface area contributed by atoms with E-state index in [9.17, 15) is 5.11 Å². The fourth-order valence-electron chi connectivity index (χ4n) is 2.52.